The minimum absolute atomic E-state index is 0.0850. The van der Waals surface area contributed by atoms with E-state index in [1.807, 2.05) is 6.07 Å². The van der Waals surface area contributed by atoms with Crippen molar-refractivity contribution in [3.63, 3.8) is 0 Å². The minimum atomic E-state index is -0.551. The largest absolute Gasteiger partial charge is 0.493 e. The van der Waals surface area contributed by atoms with Crippen LogP contribution in [-0.2, 0) is 14.3 Å². The summed E-state index contributed by atoms with van der Waals surface area (Å²) in [6.45, 7) is 1.99. The first-order valence-corrected chi connectivity index (χ1v) is 10.2. The van der Waals surface area contributed by atoms with Crippen LogP contribution in [0.5, 0.6) is 11.5 Å². The van der Waals surface area contributed by atoms with E-state index in [9.17, 15) is 14.9 Å². The van der Waals surface area contributed by atoms with E-state index in [0.717, 1.165) is 0 Å². The maximum atomic E-state index is 12.4. The van der Waals surface area contributed by atoms with Crippen molar-refractivity contribution in [3.8, 4) is 17.6 Å². The molecule has 8 nitrogen and oxygen atoms in total. The molecule has 1 fully saturated rings. The highest BCUT2D eigenvalue weighted by Crippen LogP contribution is 2.29. The molecule has 0 radical (unpaired) electrons. The predicted molar refractivity (Wildman–Crippen MR) is 120 cm³/mol. The van der Waals surface area contributed by atoms with Crippen molar-refractivity contribution in [2.75, 3.05) is 45.3 Å². The van der Waals surface area contributed by atoms with E-state index in [-0.39, 0.29) is 18.1 Å². The summed E-state index contributed by atoms with van der Waals surface area (Å²) in [4.78, 5) is 26.4. The lowest BCUT2D eigenvalue weighted by molar-refractivity contribution is -0.137. The van der Waals surface area contributed by atoms with Crippen LogP contribution in [0.25, 0.3) is 6.08 Å². The van der Waals surface area contributed by atoms with Crippen molar-refractivity contribution in [1.29, 1.82) is 5.26 Å². The first-order chi connectivity index (χ1) is 15.5. The van der Waals surface area contributed by atoms with E-state index < -0.39 is 5.91 Å². The summed E-state index contributed by atoms with van der Waals surface area (Å²) in [6.07, 6.45) is 1.44. The fraction of sp³-hybridized carbons (Fsp3) is 0.261. The Balaban J connectivity index is 1.68. The molecule has 2 amide bonds. The SMILES string of the molecule is COc1cc(/C=C(/C#N)C(=O)Nc2ccc(Cl)cc2)ccc1OCC(=O)N1CCOCC1. The lowest BCUT2D eigenvalue weighted by atomic mass is 10.1. The Morgan fingerprint density at radius 2 is 1.91 bits per heavy atom. The molecule has 166 valence electrons. The number of morpholine rings is 1. The van der Waals surface area contributed by atoms with Crippen LogP contribution in [0.2, 0.25) is 5.02 Å². The van der Waals surface area contributed by atoms with Crippen LogP contribution in [-0.4, -0.2) is 56.7 Å². The maximum absolute atomic E-state index is 12.4. The number of nitrogens with zero attached hydrogens (tertiary/aromatic N) is 2. The molecular weight excluding hydrogens is 434 g/mol. The molecule has 0 saturated carbocycles. The van der Waals surface area contributed by atoms with Gasteiger partial charge in [-0.1, -0.05) is 17.7 Å². The second kappa shape index (κ2) is 11.2. The van der Waals surface area contributed by atoms with Gasteiger partial charge in [0.15, 0.2) is 18.1 Å². The van der Waals surface area contributed by atoms with E-state index in [2.05, 4.69) is 5.32 Å². The monoisotopic (exact) mass is 455 g/mol. The lowest BCUT2D eigenvalue weighted by Crippen LogP contribution is -2.43. The predicted octanol–water partition coefficient (Wildman–Crippen LogP) is 3.13. The zero-order valence-corrected chi connectivity index (χ0v) is 18.2. The highest BCUT2D eigenvalue weighted by atomic mass is 35.5. The number of nitriles is 1. The van der Waals surface area contributed by atoms with Crippen LogP contribution in [0.1, 0.15) is 5.56 Å². The molecule has 32 heavy (non-hydrogen) atoms. The molecule has 0 atom stereocenters. The van der Waals surface area contributed by atoms with E-state index >= 15 is 0 Å². The standard InChI is InChI=1S/C23H22ClN3O5/c1-30-21-13-16(2-7-20(21)32-15-22(28)27-8-10-31-11-9-27)12-17(14-25)23(29)26-19-5-3-18(24)4-6-19/h2-7,12-13H,8-11,15H2,1H3,(H,26,29)/b17-12-. The average molecular weight is 456 g/mol. The lowest BCUT2D eigenvalue weighted by Gasteiger charge is -2.26. The number of methoxy groups -OCH3 is 1. The molecule has 1 aliphatic heterocycles. The first-order valence-electron chi connectivity index (χ1n) is 9.85. The van der Waals surface area contributed by atoms with Crippen LogP contribution in [0.4, 0.5) is 5.69 Å². The molecule has 0 aliphatic carbocycles. The Morgan fingerprint density at radius 3 is 2.56 bits per heavy atom. The molecule has 1 aliphatic rings. The van der Waals surface area contributed by atoms with Gasteiger partial charge in [-0.2, -0.15) is 5.26 Å². The number of benzene rings is 2. The Bertz CT molecular complexity index is 1040. The number of rotatable bonds is 7. The van der Waals surface area contributed by atoms with Crippen LogP contribution in [0.3, 0.4) is 0 Å². The molecule has 2 aromatic carbocycles. The molecule has 0 unspecified atom stereocenters. The van der Waals surface area contributed by atoms with Gasteiger partial charge in [0, 0.05) is 23.8 Å². The molecule has 2 aromatic rings. The third-order valence-corrected chi connectivity index (χ3v) is 4.93. The van der Waals surface area contributed by atoms with Gasteiger partial charge in [0.05, 0.1) is 20.3 Å². The average Bonchev–Trinajstić information content (AvgIpc) is 2.83. The molecule has 1 N–H and O–H groups in total. The van der Waals surface area contributed by atoms with Crippen molar-refractivity contribution >= 4 is 35.2 Å². The quantitative estimate of drug-likeness (QED) is 0.508. The summed E-state index contributed by atoms with van der Waals surface area (Å²) in [5, 5.41) is 12.6. The summed E-state index contributed by atoms with van der Waals surface area (Å²) >= 11 is 5.84. The van der Waals surface area contributed by atoms with Gasteiger partial charge in [0.25, 0.3) is 11.8 Å². The van der Waals surface area contributed by atoms with E-state index in [4.69, 9.17) is 25.8 Å². The molecule has 1 saturated heterocycles. The number of carbonyl (C=O) groups is 2. The molecule has 0 bridgehead atoms. The Kier molecular flexibility index (Phi) is 8.08. The van der Waals surface area contributed by atoms with E-state index in [0.29, 0.717) is 54.1 Å². The van der Waals surface area contributed by atoms with Crippen molar-refractivity contribution in [2.45, 2.75) is 0 Å². The van der Waals surface area contributed by atoms with Gasteiger partial charge >= 0.3 is 0 Å². The van der Waals surface area contributed by atoms with Gasteiger partial charge in [-0.3, -0.25) is 9.59 Å². The first kappa shape index (κ1) is 23.1. The van der Waals surface area contributed by atoms with Gasteiger partial charge in [-0.15, -0.1) is 0 Å². The smallest absolute Gasteiger partial charge is 0.266 e. The Hall–Kier alpha value is -3.54. The topological polar surface area (TPSA) is 101 Å². The van der Waals surface area contributed by atoms with Gasteiger partial charge in [0.2, 0.25) is 0 Å². The highest BCUT2D eigenvalue weighted by Gasteiger charge is 2.18. The van der Waals surface area contributed by atoms with Crippen LogP contribution in [0, 0.1) is 11.3 Å². The van der Waals surface area contributed by atoms with E-state index in [1.54, 1.807) is 47.4 Å². The zero-order valence-electron chi connectivity index (χ0n) is 17.5. The summed E-state index contributed by atoms with van der Waals surface area (Å²) in [6, 6.07) is 13.4. The minimum Gasteiger partial charge on any atom is -0.493 e. The number of amides is 2. The number of nitrogens with one attached hydrogen (secondary N) is 1. The number of halogens is 1. The van der Waals surface area contributed by atoms with Gasteiger partial charge in [-0.25, -0.2) is 0 Å². The van der Waals surface area contributed by atoms with Gasteiger partial charge in [0.1, 0.15) is 11.6 Å². The molecule has 0 spiro atoms. The number of hydrogen-bond acceptors (Lipinski definition) is 6. The highest BCUT2D eigenvalue weighted by molar-refractivity contribution is 6.30. The number of hydrogen-bond donors (Lipinski definition) is 1. The van der Waals surface area contributed by atoms with E-state index in [1.165, 1.54) is 13.2 Å². The maximum Gasteiger partial charge on any atom is 0.266 e. The Morgan fingerprint density at radius 1 is 1.19 bits per heavy atom. The number of carbonyl (C=O) groups excluding carboxylic acids is 2. The van der Waals surface area contributed by atoms with Crippen molar-refractivity contribution in [3.05, 3.63) is 58.6 Å². The normalized spacial score (nSPS) is 13.8. The summed E-state index contributed by atoms with van der Waals surface area (Å²) in [5.41, 5.74) is 1.00. The fourth-order valence-corrected chi connectivity index (χ4v) is 3.11. The molecule has 3 rings (SSSR count). The number of ether oxygens (including phenoxy) is 3. The third kappa shape index (κ3) is 6.23. The zero-order chi connectivity index (χ0) is 22.9. The van der Waals surface area contributed by atoms with Crippen molar-refractivity contribution in [1.82, 2.24) is 4.90 Å². The number of anilines is 1. The van der Waals surface area contributed by atoms with Crippen LogP contribution in [0.15, 0.2) is 48.0 Å². The Labute approximate surface area is 190 Å². The second-order valence-electron chi connectivity index (χ2n) is 6.82. The third-order valence-electron chi connectivity index (χ3n) is 4.68. The fourth-order valence-electron chi connectivity index (χ4n) is 2.98. The summed E-state index contributed by atoms with van der Waals surface area (Å²) in [7, 11) is 1.47. The molecule has 9 heteroatoms. The molecule has 1 heterocycles. The summed E-state index contributed by atoms with van der Waals surface area (Å²) in [5.74, 6) is 0.0782. The van der Waals surface area contributed by atoms with Gasteiger partial charge < -0.3 is 24.4 Å². The van der Waals surface area contributed by atoms with Crippen LogP contribution < -0.4 is 14.8 Å². The van der Waals surface area contributed by atoms with Crippen molar-refractivity contribution < 1.29 is 23.8 Å². The van der Waals surface area contributed by atoms with Crippen LogP contribution >= 0.6 is 11.6 Å². The summed E-state index contributed by atoms with van der Waals surface area (Å²) < 4.78 is 16.2. The second-order valence-corrected chi connectivity index (χ2v) is 7.26. The molecule has 0 aromatic heterocycles. The molecular formula is C23H22ClN3O5. The van der Waals surface area contributed by atoms with Gasteiger partial charge in [-0.05, 0) is 48.0 Å². The van der Waals surface area contributed by atoms with Crippen molar-refractivity contribution in [2.24, 2.45) is 0 Å².